The Kier molecular flexibility index (Phi) is 4.14. The van der Waals surface area contributed by atoms with Crippen molar-refractivity contribution >= 4 is 21.7 Å². The summed E-state index contributed by atoms with van der Waals surface area (Å²) in [5.74, 6) is 0.832. The molecule has 0 heterocycles. The number of benzene rings is 1. The van der Waals surface area contributed by atoms with Crippen LogP contribution in [0.2, 0.25) is 0 Å². The van der Waals surface area contributed by atoms with E-state index >= 15 is 0 Å². The van der Waals surface area contributed by atoms with Crippen LogP contribution in [0.3, 0.4) is 0 Å². The van der Waals surface area contributed by atoms with E-state index in [0.717, 1.165) is 4.47 Å². The molecule has 0 amide bonds. The van der Waals surface area contributed by atoms with Crippen molar-refractivity contribution < 1.29 is 9.53 Å². The van der Waals surface area contributed by atoms with Gasteiger partial charge in [-0.05, 0) is 25.1 Å². The molecular weight excluding hydrogens is 244 g/mol. The molecule has 0 saturated heterocycles. The number of ether oxygens (including phenoxy) is 1. The Morgan fingerprint density at radius 2 is 2.29 bits per heavy atom. The Morgan fingerprint density at radius 3 is 2.86 bits per heavy atom. The fourth-order valence-electron chi connectivity index (χ4n) is 1.10. The summed E-state index contributed by atoms with van der Waals surface area (Å²) >= 11 is 3.34. The van der Waals surface area contributed by atoms with Gasteiger partial charge < -0.3 is 4.74 Å². The van der Waals surface area contributed by atoms with Crippen LogP contribution in [0.15, 0.2) is 28.7 Å². The maximum atomic E-state index is 11.3. The van der Waals surface area contributed by atoms with Crippen molar-refractivity contribution in [2.45, 2.75) is 26.4 Å². The van der Waals surface area contributed by atoms with Gasteiger partial charge in [0.15, 0.2) is 11.9 Å². The summed E-state index contributed by atoms with van der Waals surface area (Å²) in [5, 5.41) is 0. The highest BCUT2D eigenvalue weighted by molar-refractivity contribution is 9.10. The van der Waals surface area contributed by atoms with Crippen LogP contribution in [0.5, 0.6) is 5.75 Å². The van der Waals surface area contributed by atoms with E-state index in [0.29, 0.717) is 12.2 Å². The number of Topliss-reactive ketones (excluding diaryl/α,β-unsaturated/α-hetero) is 1. The molecule has 0 aromatic heterocycles. The average molecular weight is 257 g/mol. The first kappa shape index (κ1) is 11.2. The van der Waals surface area contributed by atoms with Gasteiger partial charge in [-0.1, -0.05) is 28.9 Å². The van der Waals surface area contributed by atoms with E-state index in [1.165, 1.54) is 0 Å². The predicted octanol–water partition coefficient (Wildman–Crippen LogP) is 3.20. The minimum atomic E-state index is -0.366. The van der Waals surface area contributed by atoms with Crippen molar-refractivity contribution in [2.75, 3.05) is 0 Å². The average Bonchev–Trinajstić information content (AvgIpc) is 2.16. The smallest absolute Gasteiger partial charge is 0.172 e. The second-order valence-corrected chi connectivity index (χ2v) is 3.95. The van der Waals surface area contributed by atoms with Crippen molar-refractivity contribution in [3.63, 3.8) is 0 Å². The Balaban J connectivity index is 2.64. The molecule has 0 fully saturated rings. The summed E-state index contributed by atoms with van der Waals surface area (Å²) in [5.41, 5.74) is 0. The maximum absolute atomic E-state index is 11.3. The molecule has 2 nitrogen and oxygen atoms in total. The van der Waals surface area contributed by atoms with Crippen molar-refractivity contribution in [2.24, 2.45) is 0 Å². The van der Waals surface area contributed by atoms with Crippen LogP contribution in [0, 0.1) is 0 Å². The highest BCUT2D eigenvalue weighted by atomic mass is 79.9. The molecule has 0 saturated carbocycles. The van der Waals surface area contributed by atoms with Gasteiger partial charge in [-0.15, -0.1) is 0 Å². The van der Waals surface area contributed by atoms with Gasteiger partial charge in [0.1, 0.15) is 5.75 Å². The molecular formula is C11H13BrO2. The molecule has 0 aliphatic rings. The number of carbonyl (C=O) groups excluding carboxylic acids is 1. The summed E-state index contributed by atoms with van der Waals surface area (Å²) in [6.45, 7) is 3.61. The van der Waals surface area contributed by atoms with Gasteiger partial charge in [0, 0.05) is 10.9 Å². The van der Waals surface area contributed by atoms with Crippen LogP contribution in [-0.4, -0.2) is 11.9 Å². The van der Waals surface area contributed by atoms with Gasteiger partial charge >= 0.3 is 0 Å². The highest BCUT2D eigenvalue weighted by Gasteiger charge is 2.11. The van der Waals surface area contributed by atoms with Crippen LogP contribution in [-0.2, 0) is 4.79 Å². The summed E-state index contributed by atoms with van der Waals surface area (Å²) in [4.78, 5) is 11.3. The first-order valence-electron chi connectivity index (χ1n) is 4.58. The quantitative estimate of drug-likeness (QED) is 0.827. The SMILES string of the molecule is CCC(=O)C(C)Oc1cccc(Br)c1. The predicted molar refractivity (Wildman–Crippen MR) is 59.5 cm³/mol. The van der Waals surface area contributed by atoms with Gasteiger partial charge in [-0.2, -0.15) is 0 Å². The molecule has 76 valence electrons. The largest absolute Gasteiger partial charge is 0.483 e. The van der Waals surface area contributed by atoms with Crippen molar-refractivity contribution in [1.29, 1.82) is 0 Å². The molecule has 0 aliphatic carbocycles. The number of hydrogen-bond acceptors (Lipinski definition) is 2. The van der Waals surface area contributed by atoms with E-state index in [1.54, 1.807) is 6.92 Å². The number of hydrogen-bond donors (Lipinski definition) is 0. The molecule has 3 heteroatoms. The monoisotopic (exact) mass is 256 g/mol. The number of ketones is 1. The van der Waals surface area contributed by atoms with E-state index in [4.69, 9.17) is 4.74 Å². The summed E-state index contributed by atoms with van der Waals surface area (Å²) in [6.07, 6.45) is 0.143. The Hall–Kier alpha value is -0.830. The first-order valence-corrected chi connectivity index (χ1v) is 5.37. The lowest BCUT2D eigenvalue weighted by molar-refractivity contribution is -0.124. The fourth-order valence-corrected chi connectivity index (χ4v) is 1.48. The molecule has 0 aliphatic heterocycles. The lowest BCUT2D eigenvalue weighted by Gasteiger charge is -2.12. The Bertz CT molecular complexity index is 323. The minimum absolute atomic E-state index is 0.116. The molecule has 0 radical (unpaired) electrons. The molecule has 1 aromatic carbocycles. The highest BCUT2D eigenvalue weighted by Crippen LogP contribution is 2.19. The molecule has 1 unspecified atom stereocenters. The maximum Gasteiger partial charge on any atom is 0.172 e. The molecule has 14 heavy (non-hydrogen) atoms. The van der Waals surface area contributed by atoms with E-state index in [-0.39, 0.29) is 11.9 Å². The summed E-state index contributed by atoms with van der Waals surface area (Å²) in [6, 6.07) is 7.48. The molecule has 0 bridgehead atoms. The first-order chi connectivity index (χ1) is 6.63. The zero-order valence-electron chi connectivity index (χ0n) is 8.29. The standard InChI is InChI=1S/C11H13BrO2/c1-3-11(13)8(2)14-10-6-4-5-9(12)7-10/h4-8H,3H2,1-2H3. The molecule has 0 spiro atoms. The van der Waals surface area contributed by atoms with Crippen molar-refractivity contribution in [3.8, 4) is 5.75 Å². The van der Waals surface area contributed by atoms with Crippen molar-refractivity contribution in [1.82, 2.24) is 0 Å². The van der Waals surface area contributed by atoms with Gasteiger partial charge in [-0.3, -0.25) is 4.79 Å². The van der Waals surface area contributed by atoms with Gasteiger partial charge in [0.2, 0.25) is 0 Å². The lowest BCUT2D eigenvalue weighted by Crippen LogP contribution is -2.22. The van der Waals surface area contributed by atoms with E-state index in [1.807, 2.05) is 31.2 Å². The number of carbonyl (C=O) groups is 1. The normalized spacial score (nSPS) is 12.2. The third-order valence-corrected chi connectivity index (χ3v) is 2.40. The molecule has 1 aromatic rings. The topological polar surface area (TPSA) is 26.3 Å². The van der Waals surface area contributed by atoms with E-state index in [9.17, 15) is 4.79 Å². The number of rotatable bonds is 4. The molecule has 1 rings (SSSR count). The van der Waals surface area contributed by atoms with Gasteiger partial charge in [0.05, 0.1) is 0 Å². The van der Waals surface area contributed by atoms with Crippen LogP contribution in [0.25, 0.3) is 0 Å². The van der Waals surface area contributed by atoms with Gasteiger partial charge in [0.25, 0.3) is 0 Å². The fraction of sp³-hybridized carbons (Fsp3) is 0.364. The Labute approximate surface area is 92.4 Å². The van der Waals surface area contributed by atoms with E-state index < -0.39 is 0 Å². The van der Waals surface area contributed by atoms with Crippen LogP contribution >= 0.6 is 15.9 Å². The number of halogens is 1. The Morgan fingerprint density at radius 1 is 1.57 bits per heavy atom. The molecule has 0 N–H and O–H groups in total. The second-order valence-electron chi connectivity index (χ2n) is 3.04. The van der Waals surface area contributed by atoms with E-state index in [2.05, 4.69) is 15.9 Å². The lowest BCUT2D eigenvalue weighted by atomic mass is 10.2. The summed E-state index contributed by atoms with van der Waals surface area (Å²) < 4.78 is 6.42. The third-order valence-electron chi connectivity index (χ3n) is 1.91. The van der Waals surface area contributed by atoms with Crippen LogP contribution in [0.4, 0.5) is 0 Å². The van der Waals surface area contributed by atoms with Gasteiger partial charge in [-0.25, -0.2) is 0 Å². The zero-order valence-corrected chi connectivity index (χ0v) is 9.87. The van der Waals surface area contributed by atoms with Crippen LogP contribution in [0.1, 0.15) is 20.3 Å². The second kappa shape index (κ2) is 5.15. The zero-order chi connectivity index (χ0) is 10.6. The third kappa shape index (κ3) is 3.14. The molecule has 1 atom stereocenters. The van der Waals surface area contributed by atoms with Crippen molar-refractivity contribution in [3.05, 3.63) is 28.7 Å². The summed E-state index contributed by atoms with van der Waals surface area (Å²) in [7, 11) is 0. The van der Waals surface area contributed by atoms with Crippen LogP contribution < -0.4 is 4.74 Å². The minimum Gasteiger partial charge on any atom is -0.483 e.